The molecule has 1 aromatic heterocycles. The molecule has 0 spiro atoms. The van der Waals surface area contributed by atoms with Crippen molar-refractivity contribution >= 4 is 27.5 Å². The molecule has 1 amide bonds. The van der Waals surface area contributed by atoms with Gasteiger partial charge in [0.05, 0.1) is 5.02 Å². The molecule has 0 radical (unpaired) electrons. The number of hydrogen-bond donors (Lipinski definition) is 0. The van der Waals surface area contributed by atoms with Crippen LogP contribution in [0, 0.1) is 6.92 Å². The van der Waals surface area contributed by atoms with Gasteiger partial charge in [-0.2, -0.15) is 4.31 Å². The molecule has 0 atom stereocenters. The molecule has 1 aliphatic rings. The summed E-state index contributed by atoms with van der Waals surface area (Å²) >= 11 is 6.04. The maximum Gasteiger partial charge on any atom is 0.276 e. The van der Waals surface area contributed by atoms with E-state index in [9.17, 15) is 13.2 Å². The maximum absolute atomic E-state index is 12.8. The number of aromatic nitrogens is 1. The van der Waals surface area contributed by atoms with Crippen molar-refractivity contribution in [3.8, 4) is 0 Å². The van der Waals surface area contributed by atoms with Crippen molar-refractivity contribution in [3.05, 3.63) is 46.8 Å². The second-order valence-corrected chi connectivity index (χ2v) is 8.12. The van der Waals surface area contributed by atoms with E-state index in [1.807, 2.05) is 0 Å². The monoisotopic (exact) mass is 383 g/mol. The van der Waals surface area contributed by atoms with Crippen LogP contribution in [0.4, 0.5) is 0 Å². The summed E-state index contributed by atoms with van der Waals surface area (Å²) in [6, 6.07) is 7.94. The molecular formula is C16H18ClN3O4S. The van der Waals surface area contributed by atoms with Gasteiger partial charge in [0, 0.05) is 32.2 Å². The fraction of sp³-hybridized carbons (Fsp3) is 0.375. The van der Waals surface area contributed by atoms with Crippen molar-refractivity contribution in [1.82, 2.24) is 14.4 Å². The Labute approximate surface area is 151 Å². The van der Waals surface area contributed by atoms with Gasteiger partial charge in [-0.15, -0.1) is 0 Å². The van der Waals surface area contributed by atoms with Gasteiger partial charge < -0.3 is 9.42 Å². The van der Waals surface area contributed by atoms with Crippen LogP contribution in [-0.4, -0.2) is 54.9 Å². The zero-order chi connectivity index (χ0) is 18.0. The average molecular weight is 384 g/mol. The standard InChI is InChI=1S/C16H18ClN3O4S/c1-12-11-14(18-24-12)16(21)19-7-4-8-20(10-9-19)25(22,23)15-6-3-2-5-13(15)17/h2-3,5-6,11H,4,7-10H2,1H3. The summed E-state index contributed by atoms with van der Waals surface area (Å²) in [7, 11) is -3.70. The predicted molar refractivity (Wildman–Crippen MR) is 92.0 cm³/mol. The number of nitrogens with zero attached hydrogens (tertiary/aromatic N) is 3. The van der Waals surface area contributed by atoms with E-state index < -0.39 is 10.0 Å². The van der Waals surface area contributed by atoms with Crippen molar-refractivity contribution < 1.29 is 17.7 Å². The fourth-order valence-corrected chi connectivity index (χ4v) is 4.72. The molecule has 1 fully saturated rings. The van der Waals surface area contributed by atoms with E-state index in [4.69, 9.17) is 16.1 Å². The van der Waals surface area contributed by atoms with Gasteiger partial charge in [0.2, 0.25) is 10.0 Å². The highest BCUT2D eigenvalue weighted by atomic mass is 35.5. The maximum atomic E-state index is 12.8. The van der Waals surface area contributed by atoms with Crippen LogP contribution >= 0.6 is 11.6 Å². The van der Waals surface area contributed by atoms with Crippen LogP contribution in [0.2, 0.25) is 5.02 Å². The van der Waals surface area contributed by atoms with Crippen LogP contribution < -0.4 is 0 Å². The first-order valence-electron chi connectivity index (χ1n) is 7.87. The summed E-state index contributed by atoms with van der Waals surface area (Å²) in [4.78, 5) is 14.1. The van der Waals surface area contributed by atoms with Crippen LogP contribution in [0.5, 0.6) is 0 Å². The first-order valence-corrected chi connectivity index (χ1v) is 9.68. The van der Waals surface area contributed by atoms with Gasteiger partial charge in [-0.3, -0.25) is 4.79 Å². The smallest absolute Gasteiger partial charge is 0.276 e. The summed E-state index contributed by atoms with van der Waals surface area (Å²) < 4.78 is 31.9. The molecular weight excluding hydrogens is 366 g/mol. The Hall–Kier alpha value is -1.90. The average Bonchev–Trinajstić information content (AvgIpc) is 2.86. The largest absolute Gasteiger partial charge is 0.361 e. The first-order chi connectivity index (χ1) is 11.9. The summed E-state index contributed by atoms with van der Waals surface area (Å²) in [5, 5.41) is 3.93. The molecule has 1 aromatic carbocycles. The Morgan fingerprint density at radius 3 is 2.64 bits per heavy atom. The quantitative estimate of drug-likeness (QED) is 0.811. The highest BCUT2D eigenvalue weighted by molar-refractivity contribution is 7.89. The van der Waals surface area contributed by atoms with E-state index in [-0.39, 0.29) is 34.6 Å². The van der Waals surface area contributed by atoms with E-state index in [1.165, 1.54) is 10.4 Å². The van der Waals surface area contributed by atoms with Gasteiger partial charge in [-0.05, 0) is 25.5 Å². The van der Waals surface area contributed by atoms with Crippen molar-refractivity contribution in [3.63, 3.8) is 0 Å². The van der Waals surface area contributed by atoms with E-state index in [0.717, 1.165) is 0 Å². The Morgan fingerprint density at radius 1 is 1.20 bits per heavy atom. The number of benzene rings is 1. The van der Waals surface area contributed by atoms with Crippen molar-refractivity contribution in [1.29, 1.82) is 0 Å². The van der Waals surface area contributed by atoms with Crippen LogP contribution in [0.25, 0.3) is 0 Å². The van der Waals surface area contributed by atoms with Gasteiger partial charge in [0.15, 0.2) is 5.69 Å². The summed E-state index contributed by atoms with van der Waals surface area (Å²) in [5.41, 5.74) is 0.236. The molecule has 0 unspecified atom stereocenters. The fourth-order valence-electron chi connectivity index (χ4n) is 2.76. The number of carbonyl (C=O) groups excluding carboxylic acids is 1. The Kier molecular flexibility index (Phi) is 5.12. The molecule has 0 bridgehead atoms. The van der Waals surface area contributed by atoms with E-state index in [2.05, 4.69) is 5.16 Å². The minimum Gasteiger partial charge on any atom is -0.361 e. The lowest BCUT2D eigenvalue weighted by Crippen LogP contribution is -2.37. The number of amides is 1. The van der Waals surface area contributed by atoms with Crippen LogP contribution in [0.3, 0.4) is 0 Å². The van der Waals surface area contributed by atoms with E-state index in [0.29, 0.717) is 25.3 Å². The summed E-state index contributed by atoms with van der Waals surface area (Å²) in [5.74, 6) is 0.301. The number of carbonyl (C=O) groups is 1. The van der Waals surface area contributed by atoms with Crippen molar-refractivity contribution in [2.75, 3.05) is 26.2 Å². The molecule has 0 saturated carbocycles. The molecule has 134 valence electrons. The number of halogens is 1. The van der Waals surface area contributed by atoms with Crippen LogP contribution in [-0.2, 0) is 10.0 Å². The lowest BCUT2D eigenvalue weighted by molar-refractivity contribution is 0.0754. The third-order valence-corrected chi connectivity index (χ3v) is 6.44. The predicted octanol–water partition coefficient (Wildman–Crippen LogP) is 2.17. The Morgan fingerprint density at radius 2 is 1.96 bits per heavy atom. The number of rotatable bonds is 3. The number of hydrogen-bond acceptors (Lipinski definition) is 5. The molecule has 0 aliphatic carbocycles. The van der Waals surface area contributed by atoms with E-state index >= 15 is 0 Å². The number of aryl methyl sites for hydroxylation is 1. The third kappa shape index (κ3) is 3.70. The highest BCUT2D eigenvalue weighted by Gasteiger charge is 2.30. The third-order valence-electron chi connectivity index (χ3n) is 4.04. The SMILES string of the molecule is Cc1cc(C(=O)N2CCCN(S(=O)(=O)c3ccccc3Cl)CC2)no1. The van der Waals surface area contributed by atoms with Crippen LogP contribution in [0.15, 0.2) is 39.8 Å². The topological polar surface area (TPSA) is 83.7 Å². The highest BCUT2D eigenvalue weighted by Crippen LogP contribution is 2.25. The van der Waals surface area contributed by atoms with Gasteiger partial charge in [0.1, 0.15) is 10.7 Å². The molecule has 1 aliphatic heterocycles. The van der Waals surface area contributed by atoms with Crippen LogP contribution in [0.1, 0.15) is 22.7 Å². The zero-order valence-electron chi connectivity index (χ0n) is 13.7. The molecule has 0 N–H and O–H groups in total. The molecule has 2 heterocycles. The van der Waals surface area contributed by atoms with Crippen molar-refractivity contribution in [2.24, 2.45) is 0 Å². The lowest BCUT2D eigenvalue weighted by Gasteiger charge is -2.21. The lowest BCUT2D eigenvalue weighted by atomic mass is 10.3. The Bertz CT molecular complexity index is 881. The normalized spacial score (nSPS) is 16.6. The number of sulfonamides is 1. The van der Waals surface area contributed by atoms with Gasteiger partial charge >= 0.3 is 0 Å². The molecule has 3 rings (SSSR count). The van der Waals surface area contributed by atoms with E-state index in [1.54, 1.807) is 36.1 Å². The second-order valence-electron chi connectivity index (χ2n) is 5.80. The first kappa shape index (κ1) is 17.9. The summed E-state index contributed by atoms with van der Waals surface area (Å²) in [6.07, 6.45) is 0.534. The molecule has 9 heteroatoms. The Balaban J connectivity index is 1.75. The minimum absolute atomic E-state index is 0.0866. The summed E-state index contributed by atoms with van der Waals surface area (Å²) in [6.45, 7) is 2.99. The zero-order valence-corrected chi connectivity index (χ0v) is 15.3. The van der Waals surface area contributed by atoms with Gasteiger partial charge in [0.25, 0.3) is 5.91 Å². The van der Waals surface area contributed by atoms with Crippen molar-refractivity contribution in [2.45, 2.75) is 18.2 Å². The van der Waals surface area contributed by atoms with Gasteiger partial charge in [-0.1, -0.05) is 28.9 Å². The molecule has 1 saturated heterocycles. The molecule has 25 heavy (non-hydrogen) atoms. The second kappa shape index (κ2) is 7.15. The molecule has 7 nitrogen and oxygen atoms in total. The minimum atomic E-state index is -3.70. The van der Waals surface area contributed by atoms with Gasteiger partial charge in [-0.25, -0.2) is 8.42 Å². The molecule has 2 aromatic rings.